The van der Waals surface area contributed by atoms with Gasteiger partial charge < -0.3 is 14.6 Å². The van der Waals surface area contributed by atoms with Crippen molar-refractivity contribution in [2.45, 2.75) is 6.42 Å². The monoisotopic (exact) mass is 244 g/mol. The molecular weight excluding hydrogens is 232 g/mol. The van der Waals surface area contributed by atoms with E-state index >= 15 is 0 Å². The summed E-state index contributed by atoms with van der Waals surface area (Å²) in [6, 6.07) is 4.63. The van der Waals surface area contributed by atoms with Crippen LogP contribution < -0.4 is 4.74 Å². The Morgan fingerprint density at radius 2 is 2.19 bits per heavy atom. The molecule has 0 aromatic heterocycles. The van der Waals surface area contributed by atoms with E-state index in [2.05, 4.69) is 0 Å². The molecule has 0 atom stereocenters. The molecule has 0 saturated carbocycles. The molecule has 0 fully saturated rings. The predicted molar refractivity (Wildman–Crippen MR) is 60.4 cm³/mol. The van der Waals surface area contributed by atoms with Crippen molar-refractivity contribution in [2.24, 2.45) is 0 Å². The maximum Gasteiger partial charge on any atom is 0.339 e. The van der Waals surface area contributed by atoms with Crippen molar-refractivity contribution >= 4 is 17.6 Å². The third-order valence-corrected chi connectivity index (χ3v) is 2.23. The summed E-state index contributed by atoms with van der Waals surface area (Å²) in [5.74, 6) is -0.836. The molecule has 0 bridgehead atoms. The largest absolute Gasteiger partial charge is 0.491 e. The first-order valence-electron chi connectivity index (χ1n) is 4.80. The van der Waals surface area contributed by atoms with Crippen LogP contribution in [0.4, 0.5) is 0 Å². The van der Waals surface area contributed by atoms with Gasteiger partial charge in [-0.3, -0.25) is 0 Å². The Hall–Kier alpha value is -1.26. The first kappa shape index (κ1) is 12.8. The molecule has 1 aromatic carbocycles. The Labute approximate surface area is 98.7 Å². The number of benzene rings is 1. The summed E-state index contributed by atoms with van der Waals surface area (Å²) in [4.78, 5) is 10.9. The maximum absolute atomic E-state index is 10.9. The first-order valence-corrected chi connectivity index (χ1v) is 5.18. The summed E-state index contributed by atoms with van der Waals surface area (Å²) in [5, 5.41) is 9.23. The number of aromatic carboxylic acids is 1. The number of methoxy groups -OCH3 is 1. The van der Waals surface area contributed by atoms with E-state index in [1.54, 1.807) is 19.2 Å². The van der Waals surface area contributed by atoms with Gasteiger partial charge in [0.25, 0.3) is 0 Å². The predicted octanol–water partition coefficient (Wildman–Crippen LogP) is 2.45. The molecular formula is C11H13ClO4. The van der Waals surface area contributed by atoms with Crippen molar-refractivity contribution in [3.63, 3.8) is 0 Å². The van der Waals surface area contributed by atoms with Crippen LogP contribution in [0.1, 0.15) is 16.8 Å². The fraction of sp³-hybridized carbons (Fsp3) is 0.364. The van der Waals surface area contributed by atoms with Gasteiger partial charge in [-0.25, -0.2) is 4.79 Å². The SMILES string of the molecule is COCCCOc1c(Cl)cccc1C(=O)O. The Morgan fingerprint density at radius 3 is 2.81 bits per heavy atom. The normalized spacial score (nSPS) is 10.1. The topological polar surface area (TPSA) is 55.8 Å². The highest BCUT2D eigenvalue weighted by Gasteiger charge is 2.13. The second-order valence-electron chi connectivity index (χ2n) is 3.12. The molecule has 0 radical (unpaired) electrons. The van der Waals surface area contributed by atoms with Crippen LogP contribution in [0.3, 0.4) is 0 Å². The zero-order valence-corrected chi connectivity index (χ0v) is 9.66. The number of hydrogen-bond donors (Lipinski definition) is 1. The van der Waals surface area contributed by atoms with E-state index in [9.17, 15) is 4.79 Å². The molecule has 16 heavy (non-hydrogen) atoms. The summed E-state index contributed by atoms with van der Waals surface area (Å²) in [7, 11) is 1.60. The van der Waals surface area contributed by atoms with Crippen LogP contribution in [0, 0.1) is 0 Å². The molecule has 0 aliphatic rings. The Morgan fingerprint density at radius 1 is 1.44 bits per heavy atom. The zero-order chi connectivity index (χ0) is 12.0. The van der Waals surface area contributed by atoms with E-state index in [4.69, 9.17) is 26.2 Å². The van der Waals surface area contributed by atoms with E-state index < -0.39 is 5.97 Å². The molecule has 0 amide bonds. The number of carboxylic acid groups (broad SMARTS) is 1. The molecule has 4 nitrogen and oxygen atoms in total. The van der Waals surface area contributed by atoms with Crippen LogP contribution in [0.5, 0.6) is 5.75 Å². The minimum atomic E-state index is -1.05. The number of carboxylic acids is 1. The number of halogens is 1. The van der Waals surface area contributed by atoms with Crippen LogP contribution in [-0.2, 0) is 4.74 Å². The van der Waals surface area contributed by atoms with Gasteiger partial charge >= 0.3 is 5.97 Å². The second-order valence-corrected chi connectivity index (χ2v) is 3.52. The number of rotatable bonds is 6. The lowest BCUT2D eigenvalue weighted by Gasteiger charge is -2.10. The molecule has 1 aromatic rings. The van der Waals surface area contributed by atoms with Gasteiger partial charge in [0.15, 0.2) is 5.75 Å². The highest BCUT2D eigenvalue weighted by molar-refractivity contribution is 6.32. The third-order valence-electron chi connectivity index (χ3n) is 1.94. The summed E-state index contributed by atoms with van der Waals surface area (Å²) in [5.41, 5.74) is 0.0740. The Kier molecular flexibility index (Phi) is 5.08. The van der Waals surface area contributed by atoms with Crippen molar-refractivity contribution in [2.75, 3.05) is 20.3 Å². The van der Waals surface area contributed by atoms with Crippen LogP contribution in [0.2, 0.25) is 5.02 Å². The van der Waals surface area contributed by atoms with Gasteiger partial charge in [-0.1, -0.05) is 17.7 Å². The van der Waals surface area contributed by atoms with Crippen LogP contribution in [0.25, 0.3) is 0 Å². The molecule has 0 aliphatic carbocycles. The van der Waals surface area contributed by atoms with Gasteiger partial charge in [0.05, 0.1) is 11.6 Å². The van der Waals surface area contributed by atoms with Crippen LogP contribution in [-0.4, -0.2) is 31.4 Å². The summed E-state index contributed by atoms with van der Waals surface area (Å²) >= 11 is 5.87. The third kappa shape index (κ3) is 3.40. The lowest BCUT2D eigenvalue weighted by Crippen LogP contribution is -2.06. The van der Waals surface area contributed by atoms with Gasteiger partial charge in [0, 0.05) is 20.1 Å². The molecule has 0 unspecified atom stereocenters. The summed E-state index contributed by atoms with van der Waals surface area (Å²) in [6.45, 7) is 0.935. The lowest BCUT2D eigenvalue weighted by atomic mass is 10.2. The van der Waals surface area contributed by atoms with E-state index in [0.29, 0.717) is 24.7 Å². The number of hydrogen-bond acceptors (Lipinski definition) is 3. The Bertz CT molecular complexity index is 365. The average Bonchev–Trinajstić information content (AvgIpc) is 2.25. The number of ether oxygens (including phenoxy) is 2. The molecule has 1 rings (SSSR count). The minimum Gasteiger partial charge on any atom is -0.491 e. The minimum absolute atomic E-state index is 0.0740. The van der Waals surface area contributed by atoms with Gasteiger partial charge in [0.1, 0.15) is 5.56 Å². The average molecular weight is 245 g/mol. The fourth-order valence-electron chi connectivity index (χ4n) is 1.20. The van der Waals surface area contributed by atoms with Gasteiger partial charge in [-0.05, 0) is 12.1 Å². The molecule has 0 saturated heterocycles. The van der Waals surface area contributed by atoms with Gasteiger partial charge in [-0.15, -0.1) is 0 Å². The lowest BCUT2D eigenvalue weighted by molar-refractivity contribution is 0.0691. The second kappa shape index (κ2) is 6.35. The van der Waals surface area contributed by atoms with E-state index in [0.717, 1.165) is 0 Å². The molecule has 5 heteroatoms. The summed E-state index contributed by atoms with van der Waals surface area (Å²) < 4.78 is 10.2. The standard InChI is InChI=1S/C11H13ClO4/c1-15-6-3-7-16-10-8(11(13)14)4-2-5-9(10)12/h2,4-5H,3,6-7H2,1H3,(H,13,14). The molecule has 0 aliphatic heterocycles. The highest BCUT2D eigenvalue weighted by Crippen LogP contribution is 2.28. The first-order chi connectivity index (χ1) is 7.66. The van der Waals surface area contributed by atoms with E-state index in [1.165, 1.54) is 6.07 Å². The van der Waals surface area contributed by atoms with Crippen molar-refractivity contribution in [1.29, 1.82) is 0 Å². The van der Waals surface area contributed by atoms with Gasteiger partial charge in [0.2, 0.25) is 0 Å². The molecule has 0 heterocycles. The molecule has 0 spiro atoms. The zero-order valence-electron chi connectivity index (χ0n) is 8.90. The molecule has 1 N–H and O–H groups in total. The quantitative estimate of drug-likeness (QED) is 0.781. The van der Waals surface area contributed by atoms with Gasteiger partial charge in [-0.2, -0.15) is 0 Å². The van der Waals surface area contributed by atoms with Crippen molar-refractivity contribution < 1.29 is 19.4 Å². The number of carbonyl (C=O) groups is 1. The van der Waals surface area contributed by atoms with Crippen molar-refractivity contribution in [3.8, 4) is 5.75 Å². The Balaban J connectivity index is 2.73. The van der Waals surface area contributed by atoms with Crippen molar-refractivity contribution in [1.82, 2.24) is 0 Å². The highest BCUT2D eigenvalue weighted by atomic mass is 35.5. The molecule has 88 valence electrons. The van der Waals surface area contributed by atoms with E-state index in [-0.39, 0.29) is 11.3 Å². The summed E-state index contributed by atoms with van der Waals surface area (Å²) in [6.07, 6.45) is 0.681. The van der Waals surface area contributed by atoms with Crippen LogP contribution in [0.15, 0.2) is 18.2 Å². The van der Waals surface area contributed by atoms with Crippen molar-refractivity contribution in [3.05, 3.63) is 28.8 Å². The van der Waals surface area contributed by atoms with E-state index in [1.807, 2.05) is 0 Å². The fourth-order valence-corrected chi connectivity index (χ4v) is 1.43. The maximum atomic E-state index is 10.9. The number of para-hydroxylation sites is 1. The smallest absolute Gasteiger partial charge is 0.339 e. The van der Waals surface area contributed by atoms with Crippen LogP contribution >= 0.6 is 11.6 Å².